The molecule has 0 spiro atoms. The van der Waals surface area contributed by atoms with Crippen LogP contribution in [0.25, 0.3) is 0 Å². The van der Waals surface area contributed by atoms with Crippen molar-refractivity contribution in [2.45, 2.75) is 22.8 Å². The minimum Gasteiger partial charge on any atom is -0.310 e. The fraction of sp³-hybridized carbons (Fsp3) is 0.556. The number of hydrazine groups is 1. The first-order valence-corrected chi connectivity index (χ1v) is 9.18. The topological polar surface area (TPSA) is 127 Å². The number of hydrogen-bond acceptors (Lipinski definition) is 8. The Balaban J connectivity index is 2.85. The summed E-state index contributed by atoms with van der Waals surface area (Å²) in [5, 5.41) is 11.1. The third kappa shape index (κ3) is 4.31. The molecule has 114 valence electrons. The van der Waals surface area contributed by atoms with E-state index in [4.69, 9.17) is 5.84 Å². The zero-order valence-electron chi connectivity index (χ0n) is 11.0. The van der Waals surface area contributed by atoms with Crippen molar-refractivity contribution in [2.24, 2.45) is 5.84 Å². The summed E-state index contributed by atoms with van der Waals surface area (Å²) in [5.74, 6) is 5.14. The van der Waals surface area contributed by atoms with E-state index in [2.05, 4.69) is 10.1 Å². The van der Waals surface area contributed by atoms with Crippen LogP contribution < -0.4 is 16.0 Å². The van der Waals surface area contributed by atoms with Crippen molar-refractivity contribution in [1.29, 1.82) is 0 Å². The maximum Gasteiger partial charge on any atom is 0.306 e. The molecule has 8 nitrogen and oxygen atoms in total. The summed E-state index contributed by atoms with van der Waals surface area (Å²) < 4.78 is 26.3. The van der Waals surface area contributed by atoms with E-state index in [1.165, 1.54) is 0 Å². The standard InChI is InChI=1S/C9H16N4O4S3/c1-6(18-2)3-4-11-20(16,17)8-5-7(13(14)15)9(12-10)19-8/h5-6,11-12H,3-4,10H2,1-2H3. The highest BCUT2D eigenvalue weighted by molar-refractivity contribution is 7.99. The molecule has 4 N–H and O–H groups in total. The average molecular weight is 340 g/mol. The van der Waals surface area contributed by atoms with Gasteiger partial charge >= 0.3 is 5.69 Å². The van der Waals surface area contributed by atoms with Gasteiger partial charge in [-0.1, -0.05) is 18.3 Å². The zero-order valence-corrected chi connectivity index (χ0v) is 13.4. The maximum absolute atomic E-state index is 12.0. The quantitative estimate of drug-likeness (QED) is 0.370. The predicted molar refractivity (Wildman–Crippen MR) is 81.6 cm³/mol. The van der Waals surface area contributed by atoms with Crippen LogP contribution in [0.5, 0.6) is 0 Å². The molecule has 0 radical (unpaired) electrons. The molecular formula is C9H16N4O4S3. The van der Waals surface area contributed by atoms with Crippen molar-refractivity contribution in [3.8, 4) is 0 Å². The van der Waals surface area contributed by atoms with Crippen molar-refractivity contribution in [2.75, 3.05) is 18.2 Å². The van der Waals surface area contributed by atoms with Gasteiger partial charge in [0.05, 0.1) is 4.92 Å². The Morgan fingerprint density at radius 3 is 2.70 bits per heavy atom. The molecule has 0 aliphatic rings. The zero-order chi connectivity index (χ0) is 15.3. The summed E-state index contributed by atoms with van der Waals surface area (Å²) in [6.45, 7) is 2.27. The van der Waals surface area contributed by atoms with Crippen LogP contribution in [0.1, 0.15) is 13.3 Å². The largest absolute Gasteiger partial charge is 0.310 e. The molecule has 0 saturated carbocycles. The van der Waals surface area contributed by atoms with Crippen molar-refractivity contribution in [3.63, 3.8) is 0 Å². The lowest BCUT2D eigenvalue weighted by Gasteiger charge is -2.08. The highest BCUT2D eigenvalue weighted by atomic mass is 32.2. The molecular weight excluding hydrogens is 324 g/mol. The van der Waals surface area contributed by atoms with E-state index in [1.807, 2.05) is 13.2 Å². The first-order valence-electron chi connectivity index (χ1n) is 5.59. The smallest absolute Gasteiger partial charge is 0.306 e. The van der Waals surface area contributed by atoms with Crippen LogP contribution in [0.2, 0.25) is 0 Å². The molecule has 0 fully saturated rings. The number of nitrogens with one attached hydrogen (secondary N) is 2. The Labute approximate surface area is 125 Å². The van der Waals surface area contributed by atoms with Crippen LogP contribution in [0.3, 0.4) is 0 Å². The number of rotatable bonds is 8. The van der Waals surface area contributed by atoms with E-state index in [1.54, 1.807) is 11.8 Å². The number of anilines is 1. The summed E-state index contributed by atoms with van der Waals surface area (Å²) in [7, 11) is -3.75. The van der Waals surface area contributed by atoms with Gasteiger partial charge < -0.3 is 5.43 Å². The van der Waals surface area contributed by atoms with Gasteiger partial charge in [0.25, 0.3) is 0 Å². The summed E-state index contributed by atoms with van der Waals surface area (Å²) in [6, 6.07) is 1.00. The first kappa shape index (κ1) is 17.2. The van der Waals surface area contributed by atoms with Crippen LogP contribution in [-0.4, -0.2) is 31.4 Å². The minimum atomic E-state index is -3.75. The van der Waals surface area contributed by atoms with E-state index in [9.17, 15) is 18.5 Å². The Bertz CT molecular complexity index is 572. The maximum atomic E-state index is 12.0. The molecule has 0 aliphatic carbocycles. The molecule has 20 heavy (non-hydrogen) atoms. The Morgan fingerprint density at radius 1 is 1.60 bits per heavy atom. The van der Waals surface area contributed by atoms with Crippen LogP contribution in [-0.2, 0) is 10.0 Å². The molecule has 0 bridgehead atoms. The van der Waals surface area contributed by atoms with E-state index < -0.39 is 14.9 Å². The van der Waals surface area contributed by atoms with Crippen molar-refractivity contribution in [1.82, 2.24) is 4.72 Å². The first-order chi connectivity index (χ1) is 9.31. The molecule has 0 aromatic carbocycles. The monoisotopic (exact) mass is 340 g/mol. The summed E-state index contributed by atoms with van der Waals surface area (Å²) >= 11 is 2.36. The van der Waals surface area contributed by atoms with Gasteiger partial charge in [0, 0.05) is 17.9 Å². The van der Waals surface area contributed by atoms with Gasteiger partial charge in [-0.25, -0.2) is 19.0 Å². The molecule has 1 heterocycles. The summed E-state index contributed by atoms with van der Waals surface area (Å²) in [6.07, 6.45) is 2.62. The van der Waals surface area contributed by atoms with Gasteiger partial charge in [0.2, 0.25) is 10.0 Å². The Kier molecular flexibility index (Phi) is 6.20. The van der Waals surface area contributed by atoms with Crippen LogP contribution in [0, 0.1) is 10.1 Å². The highest BCUT2D eigenvalue weighted by Gasteiger charge is 2.25. The third-order valence-corrected chi connectivity index (χ3v) is 6.56. The highest BCUT2D eigenvalue weighted by Crippen LogP contribution is 2.36. The number of nitrogen functional groups attached to an aromatic ring is 1. The SMILES string of the molecule is CSC(C)CCNS(=O)(=O)c1cc([N+](=O)[O-])c(NN)s1. The second-order valence-corrected chi connectivity index (χ2v) is 8.24. The number of thiophene rings is 1. The fourth-order valence-electron chi connectivity index (χ4n) is 1.32. The molecule has 11 heteroatoms. The number of hydrogen-bond donors (Lipinski definition) is 3. The molecule has 1 unspecified atom stereocenters. The molecule has 1 rings (SSSR count). The number of thioether (sulfide) groups is 1. The van der Waals surface area contributed by atoms with E-state index in [0.717, 1.165) is 17.4 Å². The van der Waals surface area contributed by atoms with Crippen LogP contribution >= 0.6 is 23.1 Å². The van der Waals surface area contributed by atoms with Crippen LogP contribution in [0.4, 0.5) is 10.7 Å². The van der Waals surface area contributed by atoms with Gasteiger partial charge in [0.1, 0.15) is 4.21 Å². The van der Waals surface area contributed by atoms with E-state index in [-0.39, 0.29) is 21.4 Å². The molecule has 1 aromatic heterocycles. The Morgan fingerprint density at radius 2 is 2.25 bits per heavy atom. The minimum absolute atomic E-state index is 0.00727. The Hall–Kier alpha value is -0.880. The second-order valence-electron chi connectivity index (χ2n) is 3.91. The van der Waals surface area contributed by atoms with Gasteiger partial charge in [0.15, 0.2) is 5.00 Å². The van der Waals surface area contributed by atoms with Crippen molar-refractivity contribution >= 4 is 43.8 Å². The number of sulfonamides is 1. The normalized spacial score (nSPS) is 13.2. The molecule has 0 saturated heterocycles. The van der Waals surface area contributed by atoms with E-state index >= 15 is 0 Å². The number of nitrogens with zero attached hydrogens (tertiary/aromatic N) is 1. The summed E-state index contributed by atoms with van der Waals surface area (Å²) in [4.78, 5) is 10.1. The lowest BCUT2D eigenvalue weighted by atomic mass is 10.3. The summed E-state index contributed by atoms with van der Waals surface area (Å²) in [5.41, 5.74) is 1.78. The van der Waals surface area contributed by atoms with E-state index in [0.29, 0.717) is 11.7 Å². The molecule has 0 amide bonds. The fourth-order valence-corrected chi connectivity index (χ4v) is 4.00. The van der Waals surface area contributed by atoms with Gasteiger partial charge in [-0.3, -0.25) is 10.1 Å². The van der Waals surface area contributed by atoms with Gasteiger partial charge in [-0.05, 0) is 12.7 Å². The van der Waals surface area contributed by atoms with Gasteiger partial charge in [-0.15, -0.1) is 0 Å². The molecule has 1 atom stereocenters. The third-order valence-electron chi connectivity index (χ3n) is 2.53. The van der Waals surface area contributed by atoms with Crippen LogP contribution in [0.15, 0.2) is 10.3 Å². The molecule has 0 aliphatic heterocycles. The van der Waals surface area contributed by atoms with Gasteiger partial charge in [-0.2, -0.15) is 11.8 Å². The average Bonchev–Trinajstić information content (AvgIpc) is 2.83. The number of nitrogens with two attached hydrogens (primary N) is 1. The molecule has 1 aromatic rings. The van der Waals surface area contributed by atoms with Crippen molar-refractivity contribution in [3.05, 3.63) is 16.2 Å². The lowest BCUT2D eigenvalue weighted by molar-refractivity contribution is -0.383. The second kappa shape index (κ2) is 7.22. The number of nitro groups is 1. The van der Waals surface area contributed by atoms with Crippen molar-refractivity contribution < 1.29 is 13.3 Å². The lowest BCUT2D eigenvalue weighted by Crippen LogP contribution is -2.25. The predicted octanol–water partition coefficient (Wildman–Crippen LogP) is 1.36.